The van der Waals surface area contributed by atoms with Gasteiger partial charge < -0.3 is 10.6 Å². The fourth-order valence-corrected chi connectivity index (χ4v) is 1.72. The van der Waals surface area contributed by atoms with Gasteiger partial charge in [-0.15, -0.1) is 12.3 Å². The van der Waals surface area contributed by atoms with Gasteiger partial charge in [-0.25, -0.2) is 0 Å². The molecule has 1 saturated heterocycles. The van der Waals surface area contributed by atoms with Gasteiger partial charge in [0, 0.05) is 25.4 Å². The molecule has 0 spiro atoms. The molecule has 0 aromatic rings. The minimum Gasteiger partial charge on any atom is -0.355 e. The minimum atomic E-state index is -0.107. The van der Waals surface area contributed by atoms with Gasteiger partial charge in [-0.3, -0.25) is 9.59 Å². The molecule has 16 heavy (non-hydrogen) atoms. The molecule has 0 bridgehead atoms. The number of amides is 2. The van der Waals surface area contributed by atoms with Crippen LogP contribution in [0.15, 0.2) is 0 Å². The van der Waals surface area contributed by atoms with Crippen LogP contribution in [0.4, 0.5) is 0 Å². The molecule has 88 valence electrons. The van der Waals surface area contributed by atoms with Gasteiger partial charge in [0.1, 0.15) is 0 Å². The molecule has 2 atom stereocenters. The lowest BCUT2D eigenvalue weighted by molar-refractivity contribution is -0.129. The van der Waals surface area contributed by atoms with Crippen molar-refractivity contribution in [2.75, 3.05) is 6.54 Å². The summed E-state index contributed by atoms with van der Waals surface area (Å²) in [5.41, 5.74) is 0. The maximum absolute atomic E-state index is 11.8. The summed E-state index contributed by atoms with van der Waals surface area (Å²) in [6.07, 6.45) is 7.67. The highest BCUT2D eigenvalue weighted by molar-refractivity contribution is 5.83. The Balaban J connectivity index is 2.39. The van der Waals surface area contributed by atoms with Crippen LogP contribution in [0.3, 0.4) is 0 Å². The Morgan fingerprint density at radius 2 is 2.50 bits per heavy atom. The predicted octanol–water partition coefficient (Wildman–Crippen LogP) is 0.431. The Morgan fingerprint density at radius 1 is 1.75 bits per heavy atom. The predicted molar refractivity (Wildman–Crippen MR) is 61.4 cm³/mol. The van der Waals surface area contributed by atoms with Crippen molar-refractivity contribution in [2.45, 2.75) is 38.6 Å². The van der Waals surface area contributed by atoms with E-state index < -0.39 is 0 Å². The molecule has 1 aliphatic rings. The van der Waals surface area contributed by atoms with Crippen LogP contribution >= 0.6 is 0 Å². The first-order valence-electron chi connectivity index (χ1n) is 5.68. The number of piperidine rings is 1. The molecule has 0 aromatic heterocycles. The molecule has 1 aliphatic heterocycles. The normalized spacial score (nSPS) is 21.8. The van der Waals surface area contributed by atoms with Crippen LogP contribution in [0.5, 0.6) is 0 Å². The topological polar surface area (TPSA) is 58.2 Å². The zero-order valence-electron chi connectivity index (χ0n) is 9.58. The molecule has 1 rings (SSSR count). The summed E-state index contributed by atoms with van der Waals surface area (Å²) in [5.74, 6) is 2.47. The van der Waals surface area contributed by atoms with E-state index >= 15 is 0 Å². The van der Waals surface area contributed by atoms with Crippen LogP contribution in [-0.2, 0) is 9.59 Å². The summed E-state index contributed by atoms with van der Waals surface area (Å²) < 4.78 is 0. The van der Waals surface area contributed by atoms with E-state index in [0.717, 1.165) is 6.42 Å². The monoisotopic (exact) mass is 222 g/mol. The quantitative estimate of drug-likeness (QED) is 0.678. The molecule has 4 nitrogen and oxygen atoms in total. The molecule has 2 amide bonds. The van der Waals surface area contributed by atoms with Crippen molar-refractivity contribution < 1.29 is 9.59 Å². The van der Waals surface area contributed by atoms with Crippen molar-refractivity contribution in [1.29, 1.82) is 0 Å². The second-order valence-corrected chi connectivity index (χ2v) is 4.06. The number of hydrogen-bond donors (Lipinski definition) is 2. The van der Waals surface area contributed by atoms with Crippen molar-refractivity contribution in [3.8, 4) is 12.3 Å². The Morgan fingerprint density at radius 3 is 3.00 bits per heavy atom. The van der Waals surface area contributed by atoms with E-state index in [4.69, 9.17) is 6.42 Å². The lowest BCUT2D eigenvalue weighted by Crippen LogP contribution is -2.45. The summed E-state index contributed by atoms with van der Waals surface area (Å²) in [4.78, 5) is 22.8. The van der Waals surface area contributed by atoms with Crippen LogP contribution in [0.25, 0.3) is 0 Å². The van der Waals surface area contributed by atoms with E-state index in [9.17, 15) is 9.59 Å². The maximum atomic E-state index is 11.8. The van der Waals surface area contributed by atoms with Gasteiger partial charge in [0.25, 0.3) is 0 Å². The van der Waals surface area contributed by atoms with Gasteiger partial charge >= 0.3 is 0 Å². The van der Waals surface area contributed by atoms with Gasteiger partial charge in [0.05, 0.1) is 5.92 Å². The van der Waals surface area contributed by atoms with Crippen molar-refractivity contribution >= 4 is 11.8 Å². The van der Waals surface area contributed by atoms with Gasteiger partial charge in [-0.05, 0) is 12.8 Å². The molecular weight excluding hydrogens is 204 g/mol. The lowest BCUT2D eigenvalue weighted by Gasteiger charge is -2.24. The molecule has 4 heteroatoms. The SMILES string of the molecule is C#CCC(CC)NC(=O)C1CCC(=O)NC1. The van der Waals surface area contributed by atoms with Crippen molar-refractivity contribution in [3.05, 3.63) is 0 Å². The third-order valence-corrected chi connectivity index (χ3v) is 2.84. The average Bonchev–Trinajstić information content (AvgIpc) is 2.29. The Labute approximate surface area is 96.2 Å². The molecule has 1 fully saturated rings. The number of carbonyl (C=O) groups excluding carboxylic acids is 2. The summed E-state index contributed by atoms with van der Waals surface area (Å²) in [6.45, 7) is 2.43. The number of terminal acetylenes is 1. The first-order valence-corrected chi connectivity index (χ1v) is 5.68. The molecule has 0 aromatic carbocycles. The summed E-state index contributed by atoms with van der Waals surface area (Å²) in [7, 11) is 0. The number of hydrogen-bond acceptors (Lipinski definition) is 2. The number of rotatable bonds is 4. The standard InChI is InChI=1S/C12H18N2O2/c1-3-5-10(4-2)14-12(16)9-6-7-11(15)13-8-9/h1,9-10H,4-8H2,2H3,(H,13,15)(H,14,16). The van der Waals surface area contributed by atoms with Crippen LogP contribution < -0.4 is 10.6 Å². The molecule has 1 heterocycles. The third-order valence-electron chi connectivity index (χ3n) is 2.84. The fourth-order valence-electron chi connectivity index (χ4n) is 1.72. The van der Waals surface area contributed by atoms with E-state index in [2.05, 4.69) is 16.6 Å². The molecule has 0 aliphatic carbocycles. The first-order chi connectivity index (χ1) is 7.67. The summed E-state index contributed by atoms with van der Waals surface area (Å²) >= 11 is 0. The highest BCUT2D eigenvalue weighted by Crippen LogP contribution is 2.11. The Bertz CT molecular complexity index is 297. The highest BCUT2D eigenvalue weighted by Gasteiger charge is 2.25. The third kappa shape index (κ3) is 3.58. The summed E-state index contributed by atoms with van der Waals surface area (Å²) in [6, 6.07) is 0.0510. The largest absolute Gasteiger partial charge is 0.355 e. The summed E-state index contributed by atoms with van der Waals surface area (Å²) in [5, 5.41) is 5.62. The smallest absolute Gasteiger partial charge is 0.225 e. The first kappa shape index (κ1) is 12.6. The Kier molecular flexibility index (Phi) is 4.84. The molecular formula is C12H18N2O2. The number of carbonyl (C=O) groups is 2. The highest BCUT2D eigenvalue weighted by atomic mass is 16.2. The molecule has 2 N–H and O–H groups in total. The van der Waals surface area contributed by atoms with E-state index in [-0.39, 0.29) is 23.8 Å². The van der Waals surface area contributed by atoms with E-state index in [1.165, 1.54) is 0 Å². The molecule has 0 radical (unpaired) electrons. The van der Waals surface area contributed by atoms with Gasteiger partial charge in [-0.2, -0.15) is 0 Å². The fraction of sp³-hybridized carbons (Fsp3) is 0.667. The maximum Gasteiger partial charge on any atom is 0.225 e. The second-order valence-electron chi connectivity index (χ2n) is 4.06. The van der Waals surface area contributed by atoms with E-state index in [0.29, 0.717) is 25.8 Å². The Hall–Kier alpha value is -1.50. The van der Waals surface area contributed by atoms with Crippen LogP contribution in [0, 0.1) is 18.3 Å². The van der Waals surface area contributed by atoms with Crippen LogP contribution in [0.1, 0.15) is 32.6 Å². The van der Waals surface area contributed by atoms with Gasteiger partial charge in [0.15, 0.2) is 0 Å². The minimum absolute atomic E-state index is 0.00194. The van der Waals surface area contributed by atoms with Crippen molar-refractivity contribution in [2.24, 2.45) is 5.92 Å². The van der Waals surface area contributed by atoms with E-state index in [1.54, 1.807) is 0 Å². The number of nitrogens with one attached hydrogen (secondary N) is 2. The molecule has 2 unspecified atom stereocenters. The van der Waals surface area contributed by atoms with Gasteiger partial charge in [-0.1, -0.05) is 6.92 Å². The zero-order chi connectivity index (χ0) is 12.0. The zero-order valence-corrected chi connectivity index (χ0v) is 9.58. The second kappa shape index (κ2) is 6.16. The van der Waals surface area contributed by atoms with Gasteiger partial charge in [0.2, 0.25) is 11.8 Å². The van der Waals surface area contributed by atoms with Crippen molar-refractivity contribution in [3.63, 3.8) is 0 Å². The van der Waals surface area contributed by atoms with E-state index in [1.807, 2.05) is 6.92 Å². The molecule has 0 saturated carbocycles. The van der Waals surface area contributed by atoms with Crippen LogP contribution in [0.2, 0.25) is 0 Å². The van der Waals surface area contributed by atoms with Crippen LogP contribution in [-0.4, -0.2) is 24.4 Å². The lowest BCUT2D eigenvalue weighted by atomic mass is 9.97. The van der Waals surface area contributed by atoms with Crippen molar-refractivity contribution in [1.82, 2.24) is 10.6 Å². The average molecular weight is 222 g/mol.